The second kappa shape index (κ2) is 3.49. The number of ether oxygens (including phenoxy) is 1. The molecule has 80 valence electrons. The molecule has 1 amide bonds. The number of carbonyl (C=O) groups excluding carboxylic acids is 1. The maximum atomic E-state index is 13.0. The van der Waals surface area contributed by atoms with Gasteiger partial charge in [-0.25, -0.2) is 9.18 Å². The zero-order chi connectivity index (χ0) is 11.0. The lowest BCUT2D eigenvalue weighted by molar-refractivity contribution is 0.163. The van der Waals surface area contributed by atoms with Gasteiger partial charge in [0.25, 0.3) is 0 Å². The zero-order valence-corrected chi connectivity index (χ0v) is 8.53. The lowest BCUT2D eigenvalue weighted by Crippen LogP contribution is -2.23. The minimum Gasteiger partial charge on any atom is -0.447 e. The van der Waals surface area contributed by atoms with Gasteiger partial charge in [0.1, 0.15) is 18.5 Å². The number of cyclic esters (lactones) is 1. The normalized spacial score (nSPS) is 20.6. The van der Waals surface area contributed by atoms with Gasteiger partial charge >= 0.3 is 6.09 Å². The first-order chi connectivity index (χ1) is 7.09. The van der Waals surface area contributed by atoms with Gasteiger partial charge in [0, 0.05) is 7.05 Å². The Morgan fingerprint density at radius 2 is 2.33 bits per heavy atom. The quantitative estimate of drug-likeness (QED) is 0.707. The monoisotopic (exact) mass is 210 g/mol. The average Bonchev–Trinajstić information content (AvgIpc) is 2.53. The number of pyridine rings is 1. The SMILES string of the molecule is Cc1nc(C2COC(=O)N2C)ccc1F. The molecule has 1 aliphatic rings. The highest BCUT2D eigenvalue weighted by atomic mass is 19.1. The van der Waals surface area contributed by atoms with Crippen LogP contribution in [0.2, 0.25) is 0 Å². The fourth-order valence-electron chi connectivity index (χ4n) is 1.52. The first kappa shape index (κ1) is 9.89. The van der Waals surface area contributed by atoms with Crippen molar-refractivity contribution in [2.75, 3.05) is 13.7 Å². The van der Waals surface area contributed by atoms with Crippen LogP contribution in [0.5, 0.6) is 0 Å². The van der Waals surface area contributed by atoms with Crippen LogP contribution in [-0.4, -0.2) is 29.6 Å². The van der Waals surface area contributed by atoms with Crippen LogP contribution in [0.4, 0.5) is 9.18 Å². The number of amides is 1. The highest BCUT2D eigenvalue weighted by Crippen LogP contribution is 2.24. The lowest BCUT2D eigenvalue weighted by Gasteiger charge is -2.15. The summed E-state index contributed by atoms with van der Waals surface area (Å²) in [7, 11) is 1.64. The Morgan fingerprint density at radius 3 is 2.87 bits per heavy atom. The van der Waals surface area contributed by atoms with Gasteiger partial charge in [-0.05, 0) is 19.1 Å². The largest absolute Gasteiger partial charge is 0.447 e. The minimum absolute atomic E-state index is 0.211. The third-order valence-corrected chi connectivity index (χ3v) is 2.50. The van der Waals surface area contributed by atoms with Gasteiger partial charge in [-0.3, -0.25) is 9.88 Å². The Balaban J connectivity index is 2.30. The summed E-state index contributed by atoms with van der Waals surface area (Å²) in [5.41, 5.74) is 0.988. The molecular formula is C10H11FN2O2. The van der Waals surface area contributed by atoms with E-state index in [0.29, 0.717) is 11.4 Å². The molecule has 1 fully saturated rings. The van der Waals surface area contributed by atoms with E-state index in [4.69, 9.17) is 4.74 Å². The number of halogens is 1. The summed E-state index contributed by atoms with van der Waals surface area (Å²) in [5, 5.41) is 0. The summed E-state index contributed by atoms with van der Waals surface area (Å²) in [4.78, 5) is 16.7. The number of nitrogens with zero attached hydrogens (tertiary/aromatic N) is 2. The van der Waals surface area contributed by atoms with Gasteiger partial charge in [0.2, 0.25) is 0 Å². The molecule has 1 aromatic rings. The fourth-order valence-corrected chi connectivity index (χ4v) is 1.52. The Kier molecular flexibility index (Phi) is 2.30. The van der Waals surface area contributed by atoms with Crippen molar-refractivity contribution in [2.24, 2.45) is 0 Å². The van der Waals surface area contributed by atoms with E-state index in [1.807, 2.05) is 0 Å². The smallest absolute Gasteiger partial charge is 0.410 e. The van der Waals surface area contributed by atoms with Gasteiger partial charge < -0.3 is 4.74 Å². The molecule has 2 heterocycles. The van der Waals surface area contributed by atoms with E-state index in [1.165, 1.54) is 11.0 Å². The van der Waals surface area contributed by atoms with E-state index in [-0.39, 0.29) is 24.6 Å². The Hall–Kier alpha value is -1.65. The van der Waals surface area contributed by atoms with Gasteiger partial charge in [0.05, 0.1) is 11.4 Å². The van der Waals surface area contributed by atoms with Crippen molar-refractivity contribution in [3.63, 3.8) is 0 Å². The van der Waals surface area contributed by atoms with Crippen LogP contribution >= 0.6 is 0 Å². The highest BCUT2D eigenvalue weighted by molar-refractivity contribution is 5.69. The number of hydrogen-bond acceptors (Lipinski definition) is 3. The molecule has 1 aromatic heterocycles. The van der Waals surface area contributed by atoms with E-state index in [0.717, 1.165) is 0 Å². The van der Waals surface area contributed by atoms with E-state index in [1.54, 1.807) is 20.0 Å². The topological polar surface area (TPSA) is 42.4 Å². The number of carbonyl (C=O) groups is 1. The van der Waals surface area contributed by atoms with E-state index < -0.39 is 0 Å². The van der Waals surface area contributed by atoms with Gasteiger partial charge in [-0.15, -0.1) is 0 Å². The maximum absolute atomic E-state index is 13.0. The number of aromatic nitrogens is 1. The van der Waals surface area contributed by atoms with Crippen LogP contribution < -0.4 is 0 Å². The summed E-state index contributed by atoms with van der Waals surface area (Å²) in [6.07, 6.45) is -0.372. The first-order valence-corrected chi connectivity index (χ1v) is 4.62. The molecule has 0 spiro atoms. The molecule has 1 unspecified atom stereocenters. The Labute approximate surface area is 86.7 Å². The van der Waals surface area contributed by atoms with Crippen LogP contribution in [0, 0.1) is 12.7 Å². The maximum Gasteiger partial charge on any atom is 0.410 e. The third-order valence-electron chi connectivity index (χ3n) is 2.50. The van der Waals surface area contributed by atoms with Gasteiger partial charge in [-0.2, -0.15) is 0 Å². The van der Waals surface area contributed by atoms with Crippen molar-refractivity contribution in [1.82, 2.24) is 9.88 Å². The molecule has 15 heavy (non-hydrogen) atoms. The van der Waals surface area contributed by atoms with Gasteiger partial charge in [-0.1, -0.05) is 0 Å². The molecule has 0 bridgehead atoms. The van der Waals surface area contributed by atoms with Crippen molar-refractivity contribution < 1.29 is 13.9 Å². The molecule has 0 aliphatic carbocycles. The third kappa shape index (κ3) is 1.65. The van der Waals surface area contributed by atoms with E-state index in [2.05, 4.69) is 4.98 Å². The van der Waals surface area contributed by atoms with Crippen LogP contribution in [0.3, 0.4) is 0 Å². The summed E-state index contributed by atoms with van der Waals surface area (Å²) in [6.45, 7) is 1.86. The summed E-state index contributed by atoms with van der Waals surface area (Å²) in [6, 6.07) is 2.72. The molecule has 1 aliphatic heterocycles. The summed E-state index contributed by atoms with van der Waals surface area (Å²) < 4.78 is 17.8. The number of likely N-dealkylation sites (N-methyl/N-ethyl adjacent to an activating group) is 1. The van der Waals surface area contributed by atoms with E-state index >= 15 is 0 Å². The minimum atomic E-state index is -0.372. The molecule has 5 heteroatoms. The second-order valence-electron chi connectivity index (χ2n) is 3.51. The highest BCUT2D eigenvalue weighted by Gasteiger charge is 2.31. The second-order valence-corrected chi connectivity index (χ2v) is 3.51. The van der Waals surface area contributed by atoms with E-state index in [9.17, 15) is 9.18 Å². The number of rotatable bonds is 1. The molecule has 1 atom stereocenters. The molecule has 4 nitrogen and oxygen atoms in total. The molecule has 1 saturated heterocycles. The lowest BCUT2D eigenvalue weighted by atomic mass is 10.2. The molecule has 0 N–H and O–H groups in total. The standard InChI is InChI=1S/C10H11FN2O2/c1-6-7(11)3-4-8(12-6)9-5-15-10(14)13(9)2/h3-4,9H,5H2,1-2H3. The van der Waals surface area contributed by atoms with Crippen LogP contribution in [-0.2, 0) is 4.74 Å². The predicted octanol–water partition coefficient (Wildman–Crippen LogP) is 1.65. The van der Waals surface area contributed by atoms with Crippen molar-refractivity contribution in [3.05, 3.63) is 29.3 Å². The first-order valence-electron chi connectivity index (χ1n) is 4.62. The van der Waals surface area contributed by atoms with Crippen LogP contribution in [0.15, 0.2) is 12.1 Å². The molecule has 0 radical (unpaired) electrons. The predicted molar refractivity (Wildman–Crippen MR) is 50.8 cm³/mol. The van der Waals surface area contributed by atoms with Crippen molar-refractivity contribution >= 4 is 6.09 Å². The average molecular weight is 210 g/mol. The summed E-state index contributed by atoms with van der Waals surface area (Å²) >= 11 is 0. The molecular weight excluding hydrogens is 199 g/mol. The van der Waals surface area contributed by atoms with Crippen molar-refractivity contribution in [1.29, 1.82) is 0 Å². The number of aryl methyl sites for hydroxylation is 1. The number of hydrogen-bond donors (Lipinski definition) is 0. The summed E-state index contributed by atoms with van der Waals surface area (Å²) in [5.74, 6) is -0.341. The van der Waals surface area contributed by atoms with Crippen LogP contribution in [0.1, 0.15) is 17.4 Å². The fraction of sp³-hybridized carbons (Fsp3) is 0.400. The molecule has 0 aromatic carbocycles. The molecule has 0 saturated carbocycles. The Bertz CT molecular complexity index is 408. The van der Waals surface area contributed by atoms with Gasteiger partial charge in [0.15, 0.2) is 0 Å². The van der Waals surface area contributed by atoms with Crippen LogP contribution in [0.25, 0.3) is 0 Å². The van der Waals surface area contributed by atoms with Crippen molar-refractivity contribution in [2.45, 2.75) is 13.0 Å². The Morgan fingerprint density at radius 1 is 1.60 bits per heavy atom. The molecule has 2 rings (SSSR count). The van der Waals surface area contributed by atoms with Crippen molar-refractivity contribution in [3.8, 4) is 0 Å². The zero-order valence-electron chi connectivity index (χ0n) is 8.53.